The maximum atomic E-state index is 12.8. The van der Waals surface area contributed by atoms with Crippen molar-refractivity contribution in [3.63, 3.8) is 0 Å². The fourth-order valence-electron chi connectivity index (χ4n) is 4.25. The van der Waals surface area contributed by atoms with Crippen molar-refractivity contribution in [3.8, 4) is 17.1 Å². The first kappa shape index (κ1) is 22.0. The smallest absolute Gasteiger partial charge is 0.269 e. The van der Waals surface area contributed by atoms with Crippen LogP contribution in [0.4, 0.5) is 5.69 Å². The van der Waals surface area contributed by atoms with Gasteiger partial charge in [-0.15, -0.1) is 0 Å². The molecule has 166 valence electrons. The second-order valence-electron chi connectivity index (χ2n) is 8.14. The molecule has 0 atom stereocenters. The first-order valence-corrected chi connectivity index (χ1v) is 11.2. The molecule has 1 aliphatic rings. The zero-order valence-electron chi connectivity index (χ0n) is 17.9. The largest absolute Gasteiger partial charge is 0.353 e. The summed E-state index contributed by atoms with van der Waals surface area (Å²) < 4.78 is 1.90. The average molecular weight is 453 g/mol. The van der Waals surface area contributed by atoms with E-state index in [2.05, 4.69) is 5.32 Å². The maximum Gasteiger partial charge on any atom is 0.269 e. The van der Waals surface area contributed by atoms with E-state index in [1.165, 1.54) is 18.6 Å². The molecule has 32 heavy (non-hydrogen) atoms. The van der Waals surface area contributed by atoms with Gasteiger partial charge >= 0.3 is 0 Å². The summed E-state index contributed by atoms with van der Waals surface area (Å²) >= 11 is 6.46. The Labute approximate surface area is 191 Å². The van der Waals surface area contributed by atoms with Gasteiger partial charge in [0.2, 0.25) is 5.91 Å². The van der Waals surface area contributed by atoms with E-state index in [9.17, 15) is 14.9 Å². The third-order valence-corrected chi connectivity index (χ3v) is 6.27. The summed E-state index contributed by atoms with van der Waals surface area (Å²) in [6.45, 7) is 1.90. The topological polar surface area (TPSA) is 90.1 Å². The SMILES string of the molecule is Cc1c(CC(=O)NC2CCCCC2)nc(-c2ccccc2Cl)n1-c1ccc([N+](=O)[O-])cc1. The number of non-ortho nitro benzene ring substituents is 1. The molecule has 2 aromatic carbocycles. The van der Waals surface area contributed by atoms with Gasteiger partial charge in [-0.3, -0.25) is 19.5 Å². The Kier molecular flexibility index (Phi) is 6.55. The summed E-state index contributed by atoms with van der Waals surface area (Å²) in [5, 5.41) is 14.7. The molecule has 1 N–H and O–H groups in total. The number of hydrogen-bond acceptors (Lipinski definition) is 4. The number of nitrogens with zero attached hydrogens (tertiary/aromatic N) is 3. The van der Waals surface area contributed by atoms with Gasteiger partial charge in [0, 0.05) is 35.1 Å². The number of nitro benzene ring substituents is 1. The number of carbonyl (C=O) groups is 1. The van der Waals surface area contributed by atoms with Crippen LogP contribution in [-0.4, -0.2) is 26.4 Å². The molecule has 1 amide bonds. The third kappa shape index (κ3) is 4.67. The van der Waals surface area contributed by atoms with E-state index in [0.717, 1.165) is 42.6 Å². The average Bonchev–Trinajstić information content (AvgIpc) is 3.10. The van der Waals surface area contributed by atoms with Crippen molar-refractivity contribution < 1.29 is 9.72 Å². The van der Waals surface area contributed by atoms with Gasteiger partial charge in [0.05, 0.1) is 22.1 Å². The Morgan fingerprint density at radius 2 is 1.84 bits per heavy atom. The first-order chi connectivity index (χ1) is 15.4. The number of benzene rings is 2. The monoisotopic (exact) mass is 452 g/mol. The highest BCUT2D eigenvalue weighted by Crippen LogP contribution is 2.32. The van der Waals surface area contributed by atoms with E-state index < -0.39 is 4.92 Å². The fourth-order valence-corrected chi connectivity index (χ4v) is 4.47. The number of halogens is 1. The molecule has 1 aliphatic carbocycles. The second-order valence-corrected chi connectivity index (χ2v) is 8.54. The van der Waals surface area contributed by atoms with Crippen LogP contribution in [0.15, 0.2) is 48.5 Å². The number of nitrogens with one attached hydrogen (secondary N) is 1. The highest BCUT2D eigenvalue weighted by atomic mass is 35.5. The third-order valence-electron chi connectivity index (χ3n) is 5.94. The molecule has 0 saturated heterocycles. The van der Waals surface area contributed by atoms with Crippen LogP contribution in [0, 0.1) is 17.0 Å². The van der Waals surface area contributed by atoms with Crippen LogP contribution in [-0.2, 0) is 11.2 Å². The minimum Gasteiger partial charge on any atom is -0.353 e. The van der Waals surface area contributed by atoms with Crippen molar-refractivity contribution >= 4 is 23.2 Å². The number of amides is 1. The quantitative estimate of drug-likeness (QED) is 0.400. The van der Waals surface area contributed by atoms with Crippen LogP contribution >= 0.6 is 11.6 Å². The maximum absolute atomic E-state index is 12.8. The molecule has 0 spiro atoms. The summed E-state index contributed by atoms with van der Waals surface area (Å²) in [6, 6.07) is 13.9. The first-order valence-electron chi connectivity index (χ1n) is 10.8. The van der Waals surface area contributed by atoms with Crippen molar-refractivity contribution in [1.29, 1.82) is 0 Å². The zero-order valence-corrected chi connectivity index (χ0v) is 18.6. The van der Waals surface area contributed by atoms with E-state index in [1.807, 2.05) is 29.7 Å². The Hall–Kier alpha value is -3.19. The summed E-state index contributed by atoms with van der Waals surface area (Å²) in [7, 11) is 0. The molecule has 0 unspecified atom stereocenters. The van der Waals surface area contributed by atoms with Crippen molar-refractivity contribution in [2.45, 2.75) is 51.5 Å². The summed E-state index contributed by atoms with van der Waals surface area (Å²) in [5.41, 5.74) is 2.92. The van der Waals surface area contributed by atoms with Crippen LogP contribution in [0.1, 0.15) is 43.5 Å². The molecule has 1 aromatic heterocycles. The summed E-state index contributed by atoms with van der Waals surface area (Å²) in [4.78, 5) is 28.2. The molecular formula is C24H25ClN4O3. The Bertz CT molecular complexity index is 1130. The predicted octanol–water partition coefficient (Wildman–Crippen LogP) is 5.40. The zero-order chi connectivity index (χ0) is 22.7. The van der Waals surface area contributed by atoms with Gasteiger partial charge < -0.3 is 5.32 Å². The molecule has 0 bridgehead atoms. The normalized spacial score (nSPS) is 14.3. The minimum absolute atomic E-state index is 0.0119. The molecule has 8 heteroatoms. The fraction of sp³-hybridized carbons (Fsp3) is 0.333. The number of imidazole rings is 1. The van der Waals surface area contributed by atoms with Crippen molar-refractivity contribution in [2.24, 2.45) is 0 Å². The van der Waals surface area contributed by atoms with Gasteiger partial charge in [0.25, 0.3) is 5.69 Å². The molecule has 4 rings (SSSR count). The number of aromatic nitrogens is 2. The van der Waals surface area contributed by atoms with E-state index in [0.29, 0.717) is 16.5 Å². The highest BCUT2D eigenvalue weighted by molar-refractivity contribution is 6.33. The van der Waals surface area contributed by atoms with Crippen LogP contribution < -0.4 is 5.32 Å². The van der Waals surface area contributed by atoms with E-state index in [-0.39, 0.29) is 24.1 Å². The van der Waals surface area contributed by atoms with Crippen LogP contribution in [0.2, 0.25) is 5.02 Å². The second kappa shape index (κ2) is 9.53. The molecule has 3 aromatic rings. The Morgan fingerprint density at radius 1 is 1.16 bits per heavy atom. The van der Waals surface area contributed by atoms with Gasteiger partial charge in [-0.05, 0) is 44.0 Å². The van der Waals surface area contributed by atoms with E-state index >= 15 is 0 Å². The number of hydrogen-bond donors (Lipinski definition) is 1. The highest BCUT2D eigenvalue weighted by Gasteiger charge is 2.22. The lowest BCUT2D eigenvalue weighted by Crippen LogP contribution is -2.37. The van der Waals surface area contributed by atoms with Crippen LogP contribution in [0.5, 0.6) is 0 Å². The Balaban J connectivity index is 1.70. The van der Waals surface area contributed by atoms with Crippen LogP contribution in [0.25, 0.3) is 17.1 Å². The van der Waals surface area contributed by atoms with E-state index in [4.69, 9.17) is 16.6 Å². The van der Waals surface area contributed by atoms with Crippen molar-refractivity contribution in [3.05, 3.63) is 75.1 Å². The standard InChI is InChI=1S/C24H25ClN4O3/c1-16-22(15-23(30)26-17-7-3-2-4-8-17)27-24(20-9-5-6-10-21(20)25)28(16)18-11-13-19(14-12-18)29(31)32/h5-6,9-14,17H,2-4,7-8,15H2,1H3,(H,26,30). The van der Waals surface area contributed by atoms with Crippen LogP contribution in [0.3, 0.4) is 0 Å². The van der Waals surface area contributed by atoms with Gasteiger partial charge in [0.1, 0.15) is 5.82 Å². The lowest BCUT2D eigenvalue weighted by atomic mass is 9.95. The lowest BCUT2D eigenvalue weighted by molar-refractivity contribution is -0.384. The summed E-state index contributed by atoms with van der Waals surface area (Å²) in [6.07, 6.45) is 5.73. The minimum atomic E-state index is -0.430. The van der Waals surface area contributed by atoms with E-state index in [1.54, 1.807) is 18.2 Å². The summed E-state index contributed by atoms with van der Waals surface area (Å²) in [5.74, 6) is 0.557. The van der Waals surface area contributed by atoms with Gasteiger partial charge in [-0.25, -0.2) is 4.98 Å². The molecule has 7 nitrogen and oxygen atoms in total. The van der Waals surface area contributed by atoms with Gasteiger partial charge in [-0.1, -0.05) is 43.0 Å². The van der Waals surface area contributed by atoms with Crippen molar-refractivity contribution in [1.82, 2.24) is 14.9 Å². The molecule has 1 saturated carbocycles. The van der Waals surface area contributed by atoms with Gasteiger partial charge in [0.15, 0.2) is 0 Å². The Morgan fingerprint density at radius 3 is 2.50 bits per heavy atom. The molecular weight excluding hydrogens is 428 g/mol. The molecule has 1 fully saturated rings. The molecule has 1 heterocycles. The number of carbonyl (C=O) groups excluding carboxylic acids is 1. The predicted molar refractivity (Wildman–Crippen MR) is 124 cm³/mol. The molecule has 0 radical (unpaired) electrons. The van der Waals surface area contributed by atoms with Gasteiger partial charge in [-0.2, -0.15) is 0 Å². The number of nitro groups is 1. The number of rotatable bonds is 6. The lowest BCUT2D eigenvalue weighted by Gasteiger charge is -2.22. The van der Waals surface area contributed by atoms with Crippen molar-refractivity contribution in [2.75, 3.05) is 0 Å². The molecule has 0 aliphatic heterocycles.